The number of carbonyl (C=O) groups excluding carboxylic acids is 1. The molecule has 2 heterocycles. The van der Waals surface area contributed by atoms with E-state index in [1.165, 1.54) is 16.9 Å². The van der Waals surface area contributed by atoms with Crippen LogP contribution in [0, 0.1) is 20.8 Å². The van der Waals surface area contributed by atoms with Gasteiger partial charge in [0.05, 0.1) is 15.7 Å². The van der Waals surface area contributed by atoms with E-state index in [4.69, 9.17) is 0 Å². The zero-order chi connectivity index (χ0) is 18.3. The Morgan fingerprint density at radius 3 is 2.69 bits per heavy atom. The maximum Gasteiger partial charge on any atom is 0.269 e. The summed E-state index contributed by atoms with van der Waals surface area (Å²) in [6, 6.07) is 13.6. The molecule has 4 rings (SSSR count). The number of hydrogen-bond acceptors (Lipinski definition) is 5. The van der Waals surface area contributed by atoms with Gasteiger partial charge in [0.2, 0.25) is 5.13 Å². The molecule has 5 nitrogen and oxygen atoms in total. The van der Waals surface area contributed by atoms with Crippen molar-refractivity contribution >= 4 is 43.5 Å². The molecule has 0 atom stereocenters. The lowest BCUT2D eigenvalue weighted by Crippen LogP contribution is -2.29. The number of rotatable bonds is 3. The number of hydrazine groups is 1. The highest BCUT2D eigenvalue weighted by atomic mass is 32.1. The number of hydrogen-bond donors (Lipinski definition) is 2. The molecule has 130 valence electrons. The molecular formula is C20H18N4OS. The Balaban J connectivity index is 1.53. The Morgan fingerprint density at radius 1 is 1.00 bits per heavy atom. The van der Waals surface area contributed by atoms with Crippen molar-refractivity contribution in [3.8, 4) is 0 Å². The van der Waals surface area contributed by atoms with Crippen molar-refractivity contribution in [1.29, 1.82) is 0 Å². The van der Waals surface area contributed by atoms with E-state index < -0.39 is 0 Å². The first-order chi connectivity index (χ1) is 12.5. The number of pyridine rings is 1. The molecule has 26 heavy (non-hydrogen) atoms. The minimum absolute atomic E-state index is 0.209. The fourth-order valence-corrected chi connectivity index (χ4v) is 3.97. The number of thiazole rings is 1. The minimum Gasteiger partial charge on any atom is -0.273 e. The summed E-state index contributed by atoms with van der Waals surface area (Å²) in [5.41, 5.74) is 11.4. The monoisotopic (exact) mass is 362 g/mol. The Bertz CT molecular complexity index is 1150. The number of aryl methyl sites for hydroxylation is 3. The third kappa shape index (κ3) is 3.11. The van der Waals surface area contributed by atoms with E-state index in [1.807, 2.05) is 38.1 Å². The van der Waals surface area contributed by atoms with Gasteiger partial charge < -0.3 is 0 Å². The van der Waals surface area contributed by atoms with E-state index in [9.17, 15) is 4.79 Å². The maximum absolute atomic E-state index is 12.4. The highest BCUT2D eigenvalue weighted by Gasteiger charge is 2.10. The first kappa shape index (κ1) is 16.5. The lowest BCUT2D eigenvalue weighted by Gasteiger charge is -2.06. The maximum atomic E-state index is 12.4. The van der Waals surface area contributed by atoms with Crippen LogP contribution in [0.1, 0.15) is 27.2 Å². The SMILES string of the molecule is Cc1cc(C)c2nc(NNC(=O)c3ccc4nc(C)ccc4c3)sc2c1. The summed E-state index contributed by atoms with van der Waals surface area (Å²) in [6.45, 7) is 6.06. The van der Waals surface area contributed by atoms with Crippen molar-refractivity contribution in [2.45, 2.75) is 20.8 Å². The largest absolute Gasteiger partial charge is 0.273 e. The minimum atomic E-state index is -0.209. The van der Waals surface area contributed by atoms with Gasteiger partial charge in [-0.1, -0.05) is 23.5 Å². The average molecular weight is 362 g/mol. The molecule has 2 aromatic heterocycles. The molecule has 0 aliphatic heterocycles. The molecule has 0 fully saturated rings. The van der Waals surface area contributed by atoms with Crippen molar-refractivity contribution in [2.75, 3.05) is 5.43 Å². The van der Waals surface area contributed by atoms with E-state index in [0.29, 0.717) is 10.7 Å². The highest BCUT2D eigenvalue weighted by molar-refractivity contribution is 7.22. The van der Waals surface area contributed by atoms with Gasteiger partial charge in [-0.3, -0.25) is 20.6 Å². The highest BCUT2D eigenvalue weighted by Crippen LogP contribution is 2.28. The van der Waals surface area contributed by atoms with E-state index in [1.54, 1.807) is 6.07 Å². The summed E-state index contributed by atoms with van der Waals surface area (Å²) in [4.78, 5) is 21.5. The molecule has 2 N–H and O–H groups in total. The second kappa shape index (κ2) is 6.38. The first-order valence-electron chi connectivity index (χ1n) is 8.31. The molecule has 0 saturated heterocycles. The van der Waals surface area contributed by atoms with Crippen LogP contribution < -0.4 is 10.9 Å². The number of fused-ring (bicyclic) bond motifs is 2. The Hall–Kier alpha value is -2.99. The Kier molecular flexibility index (Phi) is 4.05. The molecule has 6 heteroatoms. The molecule has 0 saturated carbocycles. The quantitative estimate of drug-likeness (QED) is 0.526. The molecule has 0 aliphatic carbocycles. The topological polar surface area (TPSA) is 66.9 Å². The summed E-state index contributed by atoms with van der Waals surface area (Å²) in [5.74, 6) is -0.209. The van der Waals surface area contributed by atoms with Crippen LogP contribution in [0.4, 0.5) is 5.13 Å². The van der Waals surface area contributed by atoms with Crippen LogP contribution in [0.15, 0.2) is 42.5 Å². The number of anilines is 1. The number of aromatic nitrogens is 2. The smallest absolute Gasteiger partial charge is 0.269 e. The van der Waals surface area contributed by atoms with Crippen LogP contribution >= 0.6 is 11.3 Å². The van der Waals surface area contributed by atoms with Gasteiger partial charge in [0.15, 0.2) is 0 Å². The Morgan fingerprint density at radius 2 is 1.85 bits per heavy atom. The molecule has 2 aromatic carbocycles. The van der Waals surface area contributed by atoms with Crippen molar-refractivity contribution in [3.05, 3.63) is 64.8 Å². The number of nitrogens with zero attached hydrogens (tertiary/aromatic N) is 2. The molecule has 0 radical (unpaired) electrons. The molecule has 1 amide bonds. The summed E-state index contributed by atoms with van der Waals surface area (Å²) in [7, 11) is 0. The van der Waals surface area contributed by atoms with Gasteiger partial charge in [0, 0.05) is 16.6 Å². The van der Waals surface area contributed by atoms with Gasteiger partial charge in [-0.2, -0.15) is 0 Å². The molecule has 0 spiro atoms. The summed E-state index contributed by atoms with van der Waals surface area (Å²) in [5, 5.41) is 1.61. The third-order valence-corrected chi connectivity index (χ3v) is 5.12. The normalized spacial score (nSPS) is 11.0. The molecular weight excluding hydrogens is 344 g/mol. The lowest BCUT2D eigenvalue weighted by atomic mass is 10.1. The first-order valence-corrected chi connectivity index (χ1v) is 9.13. The van der Waals surface area contributed by atoms with Gasteiger partial charge in [0.25, 0.3) is 5.91 Å². The van der Waals surface area contributed by atoms with Crippen LogP contribution in [0.5, 0.6) is 0 Å². The zero-order valence-corrected chi connectivity index (χ0v) is 15.6. The van der Waals surface area contributed by atoms with Gasteiger partial charge in [-0.15, -0.1) is 0 Å². The van der Waals surface area contributed by atoms with Crippen LogP contribution in [0.25, 0.3) is 21.1 Å². The second-order valence-electron chi connectivity index (χ2n) is 6.39. The molecule has 0 unspecified atom stereocenters. The number of carbonyl (C=O) groups is 1. The molecule has 0 aliphatic rings. The van der Waals surface area contributed by atoms with Crippen molar-refractivity contribution in [3.63, 3.8) is 0 Å². The predicted octanol–water partition coefficient (Wildman–Crippen LogP) is 4.53. The van der Waals surface area contributed by atoms with Crippen LogP contribution in [-0.2, 0) is 0 Å². The standard InChI is InChI=1S/C20H18N4OS/c1-11-8-12(2)18-17(9-11)26-20(22-18)24-23-19(25)15-6-7-16-14(10-15)5-4-13(3)21-16/h4-10H,1-3H3,(H,22,24)(H,23,25). The van der Waals surface area contributed by atoms with Gasteiger partial charge in [-0.05, 0) is 62.2 Å². The van der Waals surface area contributed by atoms with E-state index in [2.05, 4.69) is 39.9 Å². The Labute approximate surface area is 155 Å². The number of amides is 1. The van der Waals surface area contributed by atoms with E-state index in [0.717, 1.165) is 32.4 Å². The van der Waals surface area contributed by atoms with Crippen molar-refractivity contribution < 1.29 is 4.79 Å². The predicted molar refractivity (Wildman–Crippen MR) is 107 cm³/mol. The van der Waals surface area contributed by atoms with Gasteiger partial charge in [0.1, 0.15) is 0 Å². The summed E-state index contributed by atoms with van der Waals surface area (Å²) in [6.07, 6.45) is 0. The number of nitrogens with one attached hydrogen (secondary N) is 2. The second-order valence-corrected chi connectivity index (χ2v) is 7.42. The fourth-order valence-electron chi connectivity index (χ4n) is 2.98. The van der Waals surface area contributed by atoms with E-state index >= 15 is 0 Å². The number of benzene rings is 2. The lowest BCUT2D eigenvalue weighted by molar-refractivity contribution is 0.0963. The van der Waals surface area contributed by atoms with Crippen molar-refractivity contribution in [2.24, 2.45) is 0 Å². The molecule has 0 bridgehead atoms. The van der Waals surface area contributed by atoms with Gasteiger partial charge in [-0.25, -0.2) is 4.98 Å². The van der Waals surface area contributed by atoms with Crippen molar-refractivity contribution in [1.82, 2.24) is 15.4 Å². The van der Waals surface area contributed by atoms with Crippen LogP contribution in [-0.4, -0.2) is 15.9 Å². The average Bonchev–Trinajstić information content (AvgIpc) is 3.02. The van der Waals surface area contributed by atoms with E-state index in [-0.39, 0.29) is 5.91 Å². The van der Waals surface area contributed by atoms with Crippen LogP contribution in [0.2, 0.25) is 0 Å². The van der Waals surface area contributed by atoms with Crippen LogP contribution in [0.3, 0.4) is 0 Å². The third-order valence-electron chi connectivity index (χ3n) is 4.20. The fraction of sp³-hybridized carbons (Fsp3) is 0.150. The van der Waals surface area contributed by atoms with Gasteiger partial charge >= 0.3 is 0 Å². The zero-order valence-electron chi connectivity index (χ0n) is 14.8. The molecule has 4 aromatic rings. The summed E-state index contributed by atoms with van der Waals surface area (Å²) < 4.78 is 1.10. The summed E-state index contributed by atoms with van der Waals surface area (Å²) >= 11 is 1.52.